The van der Waals surface area contributed by atoms with Crippen LogP contribution in [-0.2, 0) is 9.47 Å². The number of rotatable bonds is 3. The molecule has 4 heteroatoms. The van der Waals surface area contributed by atoms with Crippen LogP contribution in [0.25, 0.3) is 11.1 Å². The molecule has 0 bridgehead atoms. The Morgan fingerprint density at radius 1 is 0.519 bits per heavy atom. The zero-order valence-corrected chi connectivity index (χ0v) is 31.6. The molecule has 12 rings (SSSR count). The van der Waals surface area contributed by atoms with E-state index in [-0.39, 0.29) is 0 Å². The number of hydrogen-bond acceptors (Lipinski definition) is 4. The fourth-order valence-corrected chi connectivity index (χ4v) is 15.1. The zero-order valence-electron chi connectivity index (χ0n) is 31.6. The zero-order chi connectivity index (χ0) is 33.9. The first kappa shape index (κ1) is 32.1. The van der Waals surface area contributed by atoms with Crippen LogP contribution in [0.2, 0.25) is 0 Å². The number of fused-ring (bicyclic) bond motifs is 9. The van der Waals surface area contributed by atoms with Gasteiger partial charge in [-0.1, -0.05) is 86.6 Å². The Morgan fingerprint density at radius 3 is 2.02 bits per heavy atom. The Bertz CT molecular complexity index is 1700. The van der Waals surface area contributed by atoms with E-state index in [2.05, 4.69) is 52.3 Å². The molecule has 5 saturated carbocycles. The van der Waals surface area contributed by atoms with Gasteiger partial charge in [0.1, 0.15) is 0 Å². The molecule has 0 aromatic heterocycles. The van der Waals surface area contributed by atoms with Crippen LogP contribution in [0, 0.1) is 23.7 Å². The summed E-state index contributed by atoms with van der Waals surface area (Å²) in [5, 5.41) is 0. The molecular formula is C48H62N2O2. The van der Waals surface area contributed by atoms with Crippen molar-refractivity contribution in [1.82, 2.24) is 9.80 Å². The van der Waals surface area contributed by atoms with E-state index in [0.29, 0.717) is 42.4 Å². The second-order valence-electron chi connectivity index (χ2n) is 19.4. The molecular weight excluding hydrogens is 637 g/mol. The Morgan fingerprint density at radius 2 is 1.21 bits per heavy atom. The second-order valence-corrected chi connectivity index (χ2v) is 19.4. The summed E-state index contributed by atoms with van der Waals surface area (Å²) < 4.78 is 13.8. The van der Waals surface area contributed by atoms with Crippen molar-refractivity contribution in [1.29, 1.82) is 0 Å². The highest BCUT2D eigenvalue weighted by molar-refractivity contribution is 5.74. The molecule has 11 aliphatic rings. The van der Waals surface area contributed by atoms with E-state index in [1.54, 1.807) is 28.0 Å². The van der Waals surface area contributed by atoms with E-state index < -0.39 is 0 Å². The molecule has 4 nitrogen and oxygen atoms in total. The standard InChI is InChI=1S/C48H62N2O2/c1-3-11-43-41(9-1)49-39-25-23-33(27-37(39)35-7-5-13-45(51-43)47(35)49)31-19-15-29(16-20-31)30-17-21-32(22-18-30)34-24-26-40-38(28-34)36-8-6-14-46-48(36)50(40)42-10-2-4-12-44(42)52-46/h15-17,19-21,27,34-36,38,40-48H,1-14,18,22-26,28H2. The van der Waals surface area contributed by atoms with Gasteiger partial charge in [0, 0.05) is 29.7 Å². The van der Waals surface area contributed by atoms with E-state index in [9.17, 15) is 0 Å². The first-order valence-corrected chi connectivity index (χ1v) is 22.6. The van der Waals surface area contributed by atoms with Gasteiger partial charge in [-0.25, -0.2) is 0 Å². The molecule has 4 aliphatic heterocycles. The molecule has 8 fully saturated rings. The van der Waals surface area contributed by atoms with Crippen LogP contribution in [0.15, 0.2) is 59.3 Å². The molecule has 13 atom stereocenters. The molecule has 1 aromatic rings. The van der Waals surface area contributed by atoms with Gasteiger partial charge in [0.05, 0.1) is 36.5 Å². The lowest BCUT2D eigenvalue weighted by Crippen LogP contribution is -2.63. The fourth-order valence-electron chi connectivity index (χ4n) is 15.1. The highest BCUT2D eigenvalue weighted by Gasteiger charge is 2.60. The van der Waals surface area contributed by atoms with Crippen LogP contribution >= 0.6 is 0 Å². The van der Waals surface area contributed by atoms with E-state index in [1.807, 2.05) is 0 Å². The lowest BCUT2D eigenvalue weighted by molar-refractivity contribution is -0.177. The summed E-state index contributed by atoms with van der Waals surface area (Å²) in [6.45, 7) is 0. The predicted molar refractivity (Wildman–Crippen MR) is 208 cm³/mol. The van der Waals surface area contributed by atoms with Crippen molar-refractivity contribution < 1.29 is 9.47 Å². The molecule has 3 saturated heterocycles. The first-order valence-electron chi connectivity index (χ1n) is 22.6. The average molecular weight is 699 g/mol. The number of hydrogen-bond donors (Lipinski definition) is 0. The third kappa shape index (κ3) is 4.94. The minimum Gasteiger partial charge on any atom is -0.372 e. The van der Waals surface area contributed by atoms with Crippen molar-refractivity contribution in [3.05, 3.63) is 70.5 Å². The van der Waals surface area contributed by atoms with Gasteiger partial charge < -0.3 is 14.4 Å². The van der Waals surface area contributed by atoms with Crippen LogP contribution < -0.4 is 0 Å². The number of ether oxygens (including phenoxy) is 2. The largest absolute Gasteiger partial charge is 0.372 e. The average Bonchev–Trinajstić information content (AvgIpc) is 3.73. The third-order valence-electron chi connectivity index (χ3n) is 17.2. The van der Waals surface area contributed by atoms with Gasteiger partial charge >= 0.3 is 0 Å². The van der Waals surface area contributed by atoms with Crippen molar-refractivity contribution in [2.75, 3.05) is 0 Å². The van der Waals surface area contributed by atoms with Crippen LogP contribution in [0.4, 0.5) is 0 Å². The second kappa shape index (κ2) is 12.7. The third-order valence-corrected chi connectivity index (χ3v) is 17.2. The van der Waals surface area contributed by atoms with E-state index in [1.165, 1.54) is 146 Å². The Labute approximate surface area is 313 Å². The summed E-state index contributed by atoms with van der Waals surface area (Å²) in [5.41, 5.74) is 11.2. The van der Waals surface area contributed by atoms with Crippen LogP contribution in [-0.4, -0.2) is 64.4 Å². The van der Waals surface area contributed by atoms with E-state index in [0.717, 1.165) is 35.9 Å². The van der Waals surface area contributed by atoms with Gasteiger partial charge in [-0.15, -0.1) is 0 Å². The molecule has 0 spiro atoms. The van der Waals surface area contributed by atoms with E-state index >= 15 is 0 Å². The van der Waals surface area contributed by atoms with Gasteiger partial charge in [-0.2, -0.15) is 0 Å². The Hall–Kier alpha value is -2.14. The quantitative estimate of drug-likeness (QED) is 0.314. The van der Waals surface area contributed by atoms with Gasteiger partial charge in [0.15, 0.2) is 0 Å². The van der Waals surface area contributed by atoms with Gasteiger partial charge in [0.25, 0.3) is 0 Å². The minimum absolute atomic E-state index is 0.456. The molecule has 52 heavy (non-hydrogen) atoms. The normalized spacial score (nSPS) is 45.0. The monoisotopic (exact) mass is 698 g/mol. The first-order chi connectivity index (χ1) is 25.8. The molecule has 7 aliphatic carbocycles. The lowest BCUT2D eigenvalue weighted by Gasteiger charge is -2.54. The van der Waals surface area contributed by atoms with Gasteiger partial charge in [0.2, 0.25) is 0 Å². The maximum atomic E-state index is 6.91. The van der Waals surface area contributed by atoms with Gasteiger partial charge in [-0.05, 0) is 142 Å². The molecule has 0 N–H and O–H groups in total. The summed E-state index contributed by atoms with van der Waals surface area (Å²) in [4.78, 5) is 6.09. The summed E-state index contributed by atoms with van der Waals surface area (Å²) in [5.74, 6) is 3.27. The van der Waals surface area contributed by atoms with Gasteiger partial charge in [-0.3, -0.25) is 4.90 Å². The molecule has 0 amide bonds. The highest BCUT2D eigenvalue weighted by atomic mass is 16.5. The maximum Gasteiger partial charge on any atom is 0.0789 e. The van der Waals surface area contributed by atoms with Crippen LogP contribution in [0.1, 0.15) is 146 Å². The number of nitrogens with zero attached hydrogens (tertiary/aromatic N) is 2. The van der Waals surface area contributed by atoms with Crippen molar-refractivity contribution >= 4 is 11.1 Å². The summed E-state index contributed by atoms with van der Waals surface area (Å²) >= 11 is 0. The van der Waals surface area contributed by atoms with E-state index in [4.69, 9.17) is 9.47 Å². The summed E-state index contributed by atoms with van der Waals surface area (Å²) in [6.07, 6.45) is 37.9. The van der Waals surface area contributed by atoms with Crippen LogP contribution in [0.5, 0.6) is 0 Å². The number of allylic oxidation sites excluding steroid dienone is 7. The maximum absolute atomic E-state index is 6.91. The summed E-state index contributed by atoms with van der Waals surface area (Å²) in [7, 11) is 0. The summed E-state index contributed by atoms with van der Waals surface area (Å²) in [6, 6.07) is 13.3. The van der Waals surface area contributed by atoms with Crippen molar-refractivity contribution in [3.8, 4) is 0 Å². The lowest BCUT2D eigenvalue weighted by atomic mass is 9.67. The fraction of sp³-hybridized carbons (Fsp3) is 0.708. The molecule has 13 unspecified atom stereocenters. The molecule has 276 valence electrons. The Kier molecular flexibility index (Phi) is 7.85. The van der Waals surface area contributed by atoms with Crippen molar-refractivity contribution in [2.45, 2.75) is 189 Å². The Balaban J connectivity index is 0.751. The molecule has 1 aromatic carbocycles. The molecule has 4 heterocycles. The smallest absolute Gasteiger partial charge is 0.0789 e. The molecule has 0 radical (unpaired) electrons. The number of morpholine rings is 2. The highest BCUT2D eigenvalue weighted by Crippen LogP contribution is 2.57. The number of benzene rings is 1. The topological polar surface area (TPSA) is 24.9 Å². The minimum atomic E-state index is 0.456. The predicted octanol–water partition coefficient (Wildman–Crippen LogP) is 10.4. The van der Waals surface area contributed by atoms with Crippen LogP contribution in [0.3, 0.4) is 0 Å². The van der Waals surface area contributed by atoms with Crippen molar-refractivity contribution in [2.24, 2.45) is 23.7 Å². The SMILES string of the molecule is C1=C(c2ccc(C3=CC4=C(CC3)N3C5CCCCC5OC5CCCC4C53)cc2)CCC(C2CCC3C(C2)C2CCCC4OC5CCCCC5N3C42)=C1. The van der Waals surface area contributed by atoms with Crippen molar-refractivity contribution in [3.63, 3.8) is 0 Å².